The van der Waals surface area contributed by atoms with E-state index in [2.05, 4.69) is 16.9 Å². The van der Waals surface area contributed by atoms with Gasteiger partial charge < -0.3 is 20.5 Å². The van der Waals surface area contributed by atoms with Gasteiger partial charge in [0.1, 0.15) is 5.82 Å². The second kappa shape index (κ2) is 9.71. The Kier molecular flexibility index (Phi) is 6.81. The van der Waals surface area contributed by atoms with Gasteiger partial charge in [-0.1, -0.05) is 30.8 Å². The summed E-state index contributed by atoms with van der Waals surface area (Å²) in [6.45, 7) is 4.99. The normalized spacial score (nSPS) is 10.6. The summed E-state index contributed by atoms with van der Waals surface area (Å²) < 4.78 is 24.9. The minimum Gasteiger partial charge on any atom is -0.493 e. The standard InChI is InChI=1S/C23H24FN3O2/c1-16(25)19-8-10-23(27-15-19)29-21-9-7-17(13-22(21)28-2)14-26-12-11-18-5-3-4-6-20(18)24/h3-10,13,15,26H,1,11-12,14,25H2,2H3. The Hall–Kier alpha value is -3.38. The smallest absolute Gasteiger partial charge is 0.219 e. The molecule has 3 rings (SSSR count). The van der Waals surface area contributed by atoms with E-state index in [1.165, 1.54) is 6.07 Å². The van der Waals surface area contributed by atoms with Crippen LogP contribution < -0.4 is 20.5 Å². The number of hydrogen-bond donors (Lipinski definition) is 2. The molecular formula is C23H24FN3O2. The summed E-state index contributed by atoms with van der Waals surface area (Å²) in [5.41, 5.74) is 8.59. The van der Waals surface area contributed by atoms with E-state index >= 15 is 0 Å². The Morgan fingerprint density at radius 3 is 2.66 bits per heavy atom. The number of methoxy groups -OCH3 is 1. The van der Waals surface area contributed by atoms with Crippen molar-refractivity contribution in [3.63, 3.8) is 0 Å². The first-order chi connectivity index (χ1) is 14.1. The molecule has 0 aliphatic carbocycles. The molecule has 2 aromatic carbocycles. The largest absolute Gasteiger partial charge is 0.493 e. The zero-order valence-electron chi connectivity index (χ0n) is 16.3. The molecule has 0 unspecified atom stereocenters. The van der Waals surface area contributed by atoms with Gasteiger partial charge in [-0.15, -0.1) is 0 Å². The number of halogens is 1. The highest BCUT2D eigenvalue weighted by Crippen LogP contribution is 2.31. The molecule has 0 bridgehead atoms. The van der Waals surface area contributed by atoms with Crippen molar-refractivity contribution in [2.24, 2.45) is 5.73 Å². The Balaban J connectivity index is 1.58. The molecule has 3 N–H and O–H groups in total. The van der Waals surface area contributed by atoms with E-state index in [0.717, 1.165) is 11.1 Å². The van der Waals surface area contributed by atoms with Crippen LogP contribution >= 0.6 is 0 Å². The predicted octanol–water partition coefficient (Wildman–Crippen LogP) is 4.28. The first-order valence-corrected chi connectivity index (χ1v) is 9.26. The van der Waals surface area contributed by atoms with E-state index < -0.39 is 0 Å². The molecule has 29 heavy (non-hydrogen) atoms. The molecule has 6 heteroatoms. The van der Waals surface area contributed by atoms with Crippen molar-refractivity contribution in [3.8, 4) is 17.4 Å². The lowest BCUT2D eigenvalue weighted by atomic mass is 10.1. The highest BCUT2D eigenvalue weighted by atomic mass is 19.1. The fourth-order valence-corrected chi connectivity index (χ4v) is 2.81. The summed E-state index contributed by atoms with van der Waals surface area (Å²) in [5.74, 6) is 1.43. The van der Waals surface area contributed by atoms with Crippen LogP contribution in [0.1, 0.15) is 16.7 Å². The molecule has 0 radical (unpaired) electrons. The lowest BCUT2D eigenvalue weighted by molar-refractivity contribution is 0.373. The Labute approximate surface area is 170 Å². The van der Waals surface area contributed by atoms with Crippen molar-refractivity contribution >= 4 is 5.70 Å². The van der Waals surface area contributed by atoms with E-state index in [9.17, 15) is 4.39 Å². The fraction of sp³-hybridized carbons (Fsp3) is 0.174. The fourth-order valence-electron chi connectivity index (χ4n) is 2.81. The minimum absolute atomic E-state index is 0.171. The molecule has 3 aromatic rings. The third-order valence-electron chi connectivity index (χ3n) is 4.41. The van der Waals surface area contributed by atoms with Crippen LogP contribution in [0, 0.1) is 5.82 Å². The van der Waals surface area contributed by atoms with E-state index in [-0.39, 0.29) is 5.82 Å². The first-order valence-electron chi connectivity index (χ1n) is 9.26. The van der Waals surface area contributed by atoms with Crippen molar-refractivity contribution in [1.82, 2.24) is 10.3 Å². The summed E-state index contributed by atoms with van der Waals surface area (Å²) in [5, 5.41) is 3.32. The lowest BCUT2D eigenvalue weighted by Gasteiger charge is -2.12. The zero-order chi connectivity index (χ0) is 20.6. The highest BCUT2D eigenvalue weighted by molar-refractivity contribution is 5.59. The monoisotopic (exact) mass is 393 g/mol. The molecule has 0 amide bonds. The number of rotatable bonds is 9. The van der Waals surface area contributed by atoms with Crippen molar-refractivity contribution in [3.05, 3.63) is 89.9 Å². The molecule has 150 valence electrons. The third kappa shape index (κ3) is 5.56. The van der Waals surface area contributed by atoms with Crippen LogP contribution in [-0.2, 0) is 13.0 Å². The molecule has 0 aliphatic heterocycles. The van der Waals surface area contributed by atoms with Gasteiger partial charge in [-0.25, -0.2) is 9.37 Å². The van der Waals surface area contributed by atoms with Gasteiger partial charge in [0.25, 0.3) is 0 Å². The summed E-state index contributed by atoms with van der Waals surface area (Å²) in [7, 11) is 1.59. The van der Waals surface area contributed by atoms with Crippen LogP contribution in [0.2, 0.25) is 0 Å². The third-order valence-corrected chi connectivity index (χ3v) is 4.41. The average molecular weight is 393 g/mol. The number of nitrogens with two attached hydrogens (primary N) is 1. The molecule has 0 fully saturated rings. The van der Waals surface area contributed by atoms with Gasteiger partial charge >= 0.3 is 0 Å². The first kappa shape index (κ1) is 20.4. The van der Waals surface area contributed by atoms with Crippen LogP contribution in [0.25, 0.3) is 5.70 Å². The maximum absolute atomic E-state index is 13.6. The SMILES string of the molecule is C=C(N)c1ccc(Oc2ccc(CNCCc3ccccc3F)cc2OC)nc1. The van der Waals surface area contributed by atoms with Gasteiger partial charge in [0.15, 0.2) is 11.5 Å². The average Bonchev–Trinajstić information content (AvgIpc) is 2.73. The van der Waals surface area contributed by atoms with Crippen LogP contribution in [0.4, 0.5) is 4.39 Å². The molecule has 0 aliphatic rings. The Morgan fingerprint density at radius 2 is 1.97 bits per heavy atom. The summed E-state index contributed by atoms with van der Waals surface area (Å²) in [4.78, 5) is 4.23. The molecule has 5 nitrogen and oxygen atoms in total. The van der Waals surface area contributed by atoms with Crippen LogP contribution in [0.15, 0.2) is 67.4 Å². The zero-order valence-corrected chi connectivity index (χ0v) is 16.3. The van der Waals surface area contributed by atoms with Gasteiger partial charge in [0, 0.05) is 30.1 Å². The summed E-state index contributed by atoms with van der Waals surface area (Å²) in [6.07, 6.45) is 2.24. The van der Waals surface area contributed by atoms with Gasteiger partial charge in [-0.05, 0) is 48.4 Å². The number of nitrogens with one attached hydrogen (secondary N) is 1. The van der Waals surface area contributed by atoms with E-state index in [0.29, 0.717) is 48.1 Å². The topological polar surface area (TPSA) is 69.4 Å². The maximum Gasteiger partial charge on any atom is 0.219 e. The van der Waals surface area contributed by atoms with Crippen molar-refractivity contribution < 1.29 is 13.9 Å². The molecule has 0 saturated carbocycles. The second-order valence-corrected chi connectivity index (χ2v) is 6.52. The summed E-state index contributed by atoms with van der Waals surface area (Å²) >= 11 is 0. The molecule has 1 aromatic heterocycles. The van der Waals surface area contributed by atoms with Gasteiger partial charge in [-0.2, -0.15) is 0 Å². The predicted molar refractivity (Wildman–Crippen MR) is 112 cm³/mol. The number of benzene rings is 2. The number of aromatic nitrogens is 1. The van der Waals surface area contributed by atoms with Crippen molar-refractivity contribution in [2.45, 2.75) is 13.0 Å². The quantitative estimate of drug-likeness (QED) is 0.531. The number of pyridine rings is 1. The molecular weight excluding hydrogens is 369 g/mol. The molecule has 0 saturated heterocycles. The Morgan fingerprint density at radius 1 is 1.14 bits per heavy atom. The van der Waals surface area contributed by atoms with Crippen LogP contribution in [0.3, 0.4) is 0 Å². The lowest BCUT2D eigenvalue weighted by Crippen LogP contribution is -2.17. The highest BCUT2D eigenvalue weighted by Gasteiger charge is 2.08. The molecule has 0 spiro atoms. The van der Waals surface area contributed by atoms with E-state index in [1.54, 1.807) is 37.6 Å². The van der Waals surface area contributed by atoms with Crippen molar-refractivity contribution in [2.75, 3.05) is 13.7 Å². The van der Waals surface area contributed by atoms with Crippen LogP contribution in [-0.4, -0.2) is 18.6 Å². The van der Waals surface area contributed by atoms with Gasteiger partial charge in [0.2, 0.25) is 5.88 Å². The summed E-state index contributed by atoms with van der Waals surface area (Å²) in [6, 6.07) is 16.0. The van der Waals surface area contributed by atoms with Gasteiger partial charge in [0.05, 0.1) is 7.11 Å². The molecule has 0 atom stereocenters. The number of hydrogen-bond acceptors (Lipinski definition) is 5. The molecule has 1 heterocycles. The van der Waals surface area contributed by atoms with E-state index in [4.69, 9.17) is 15.2 Å². The van der Waals surface area contributed by atoms with Crippen LogP contribution in [0.5, 0.6) is 17.4 Å². The van der Waals surface area contributed by atoms with Gasteiger partial charge in [-0.3, -0.25) is 0 Å². The minimum atomic E-state index is -0.171. The second-order valence-electron chi connectivity index (χ2n) is 6.52. The maximum atomic E-state index is 13.6. The number of nitrogens with zero attached hydrogens (tertiary/aromatic N) is 1. The number of ether oxygens (including phenoxy) is 2. The Bertz CT molecular complexity index is 974. The van der Waals surface area contributed by atoms with E-state index in [1.807, 2.05) is 24.3 Å². The van der Waals surface area contributed by atoms with Crippen molar-refractivity contribution in [1.29, 1.82) is 0 Å².